The molecular formula is C10H2O6. The summed E-state index contributed by atoms with van der Waals surface area (Å²) in [5.74, 6) is -2.22. The van der Waals surface area contributed by atoms with Gasteiger partial charge in [0, 0.05) is 5.56 Å². The van der Waals surface area contributed by atoms with Crippen molar-refractivity contribution in [3.63, 3.8) is 0 Å². The highest BCUT2D eigenvalue weighted by Crippen LogP contribution is 2.07. The summed E-state index contributed by atoms with van der Waals surface area (Å²) in [5, 5.41) is 0. The number of fused-ring (bicyclic) bond motifs is 1. The summed E-state index contributed by atoms with van der Waals surface area (Å²) in [6, 6.07) is 0. The lowest BCUT2D eigenvalue weighted by Crippen LogP contribution is -2.51. The maximum absolute atomic E-state index is 11.3. The van der Waals surface area contributed by atoms with Gasteiger partial charge in [-0.3, -0.25) is 28.8 Å². The molecule has 0 fully saturated rings. The van der Waals surface area contributed by atoms with Gasteiger partial charge in [-0.25, -0.2) is 0 Å². The van der Waals surface area contributed by atoms with Gasteiger partial charge in [0.25, 0.3) is 10.9 Å². The van der Waals surface area contributed by atoms with E-state index in [0.29, 0.717) is 0 Å². The molecule has 6 heteroatoms. The second-order valence-corrected chi connectivity index (χ2v) is 3.13. The summed E-state index contributed by atoms with van der Waals surface area (Å²) >= 11 is 0. The molecule has 0 N–H and O–H groups in total. The van der Waals surface area contributed by atoms with E-state index in [1.54, 1.807) is 0 Å². The Hall–Kier alpha value is -2.50. The second kappa shape index (κ2) is 2.99. The van der Waals surface area contributed by atoms with Crippen molar-refractivity contribution in [3.8, 4) is 0 Å². The molecule has 0 saturated carbocycles. The zero-order valence-electron chi connectivity index (χ0n) is 7.60. The van der Waals surface area contributed by atoms with Gasteiger partial charge in [0.1, 0.15) is 0 Å². The fraction of sp³-hybridized carbons (Fsp3) is 0. The zero-order valence-corrected chi connectivity index (χ0v) is 7.60. The van der Waals surface area contributed by atoms with E-state index in [1.165, 1.54) is 0 Å². The number of hydrogen-bond donors (Lipinski definition) is 0. The lowest BCUT2D eigenvalue weighted by molar-refractivity contribution is -0.110. The smallest absolute Gasteiger partial charge is 0.277 e. The number of carbonyl (C=O) groups is 2. The van der Waals surface area contributed by atoms with Crippen LogP contribution in [0, 0.1) is 0 Å². The molecule has 0 heterocycles. The Kier molecular flexibility index (Phi) is 1.88. The number of rotatable bonds is 0. The standard InChI is InChI=1S/C10H2O6/c11-4-2-1-3-5(7(4)13)8(14)10(16)9(15)6(3)12/h1-2H. The van der Waals surface area contributed by atoms with Gasteiger partial charge in [-0.15, -0.1) is 0 Å². The number of hydrogen-bond acceptors (Lipinski definition) is 6. The van der Waals surface area contributed by atoms with Crippen LogP contribution in [0.25, 0.3) is 6.08 Å². The molecule has 0 aromatic heterocycles. The third-order valence-electron chi connectivity index (χ3n) is 2.21. The Bertz CT molecular complexity index is 758. The van der Waals surface area contributed by atoms with Crippen LogP contribution in [-0.2, 0) is 4.79 Å². The molecule has 0 radical (unpaired) electrons. The number of Topliss-reactive ketones (excluding diaryl/α,β-unsaturated/α-hetero) is 1. The molecule has 1 aliphatic rings. The molecule has 0 atom stereocenters. The molecule has 1 aliphatic carbocycles. The van der Waals surface area contributed by atoms with Gasteiger partial charge < -0.3 is 0 Å². The van der Waals surface area contributed by atoms with Crippen LogP contribution in [0.1, 0.15) is 15.9 Å². The first kappa shape index (κ1) is 10.0. The van der Waals surface area contributed by atoms with E-state index in [-0.39, 0.29) is 0 Å². The fourth-order valence-corrected chi connectivity index (χ4v) is 1.42. The topological polar surface area (TPSA) is 102 Å². The van der Waals surface area contributed by atoms with Gasteiger partial charge in [-0.05, 0) is 12.2 Å². The van der Waals surface area contributed by atoms with Gasteiger partial charge in [-0.1, -0.05) is 0 Å². The average molecular weight is 218 g/mol. The quantitative estimate of drug-likeness (QED) is 0.457. The van der Waals surface area contributed by atoms with E-state index >= 15 is 0 Å². The molecule has 0 unspecified atom stereocenters. The maximum Gasteiger partial charge on any atom is 0.277 e. The summed E-state index contributed by atoms with van der Waals surface area (Å²) in [6.07, 6.45) is 1.69. The highest BCUT2D eigenvalue weighted by atomic mass is 16.2. The van der Waals surface area contributed by atoms with Gasteiger partial charge >= 0.3 is 0 Å². The van der Waals surface area contributed by atoms with Crippen molar-refractivity contribution in [2.45, 2.75) is 0 Å². The summed E-state index contributed by atoms with van der Waals surface area (Å²) in [4.78, 5) is 66.8. The first-order valence-electron chi connectivity index (χ1n) is 4.14. The Labute approximate surface area is 86.2 Å². The number of carbonyl (C=O) groups excluding carboxylic acids is 2. The van der Waals surface area contributed by atoms with Crippen molar-refractivity contribution in [2.75, 3.05) is 0 Å². The van der Waals surface area contributed by atoms with Crippen molar-refractivity contribution < 1.29 is 9.59 Å². The van der Waals surface area contributed by atoms with Crippen LogP contribution < -0.4 is 21.7 Å². The fourth-order valence-electron chi connectivity index (χ4n) is 1.42. The van der Waals surface area contributed by atoms with Crippen molar-refractivity contribution in [3.05, 3.63) is 58.1 Å². The van der Waals surface area contributed by atoms with E-state index in [1.807, 2.05) is 0 Å². The van der Waals surface area contributed by atoms with E-state index in [2.05, 4.69) is 0 Å². The summed E-state index contributed by atoms with van der Waals surface area (Å²) in [5.41, 5.74) is -6.92. The summed E-state index contributed by atoms with van der Waals surface area (Å²) in [6.45, 7) is 0. The van der Waals surface area contributed by atoms with Crippen molar-refractivity contribution in [1.82, 2.24) is 0 Å². The van der Waals surface area contributed by atoms with E-state index in [0.717, 1.165) is 12.2 Å². The van der Waals surface area contributed by atoms with Crippen LogP contribution in [-0.4, -0.2) is 11.6 Å². The number of ketones is 2. The van der Waals surface area contributed by atoms with E-state index in [4.69, 9.17) is 0 Å². The Morgan fingerprint density at radius 1 is 0.625 bits per heavy atom. The molecule has 0 amide bonds. The second-order valence-electron chi connectivity index (χ2n) is 3.13. The molecule has 0 saturated heterocycles. The van der Waals surface area contributed by atoms with Crippen molar-refractivity contribution in [2.24, 2.45) is 0 Å². The normalized spacial score (nSPS) is 14.0. The molecular weight excluding hydrogens is 216 g/mol. The number of allylic oxidation sites excluding steroid dienone is 1. The van der Waals surface area contributed by atoms with Crippen molar-refractivity contribution >= 4 is 17.6 Å². The third-order valence-corrected chi connectivity index (χ3v) is 2.21. The van der Waals surface area contributed by atoms with Crippen molar-refractivity contribution in [1.29, 1.82) is 0 Å². The summed E-state index contributed by atoms with van der Waals surface area (Å²) < 4.78 is 0. The first-order chi connectivity index (χ1) is 7.45. The third kappa shape index (κ3) is 1.07. The van der Waals surface area contributed by atoms with Crippen LogP contribution in [0.15, 0.2) is 25.3 Å². The number of benzene rings is 1. The molecule has 2 rings (SSSR count). The maximum atomic E-state index is 11.3. The van der Waals surface area contributed by atoms with E-state index in [9.17, 15) is 28.8 Å². The SMILES string of the molecule is O=C1C=Cc2c(c(=O)c(=O)c(=O)c2=O)C1=O. The van der Waals surface area contributed by atoms with Gasteiger partial charge in [0.15, 0.2) is 0 Å². The minimum Gasteiger partial charge on any atom is -0.286 e. The lowest BCUT2D eigenvalue weighted by Gasteiger charge is -2.03. The van der Waals surface area contributed by atoms with Crippen LogP contribution in [0.4, 0.5) is 0 Å². The molecule has 16 heavy (non-hydrogen) atoms. The molecule has 0 bridgehead atoms. The van der Waals surface area contributed by atoms with E-state index < -0.39 is 44.4 Å². The predicted octanol–water partition coefficient (Wildman–Crippen LogP) is -2.22. The molecule has 1 aromatic carbocycles. The molecule has 6 nitrogen and oxygen atoms in total. The molecule has 0 spiro atoms. The molecule has 78 valence electrons. The van der Waals surface area contributed by atoms with Gasteiger partial charge in [-0.2, -0.15) is 0 Å². The first-order valence-corrected chi connectivity index (χ1v) is 4.14. The van der Waals surface area contributed by atoms with Crippen LogP contribution in [0.5, 0.6) is 0 Å². The summed E-state index contributed by atoms with van der Waals surface area (Å²) in [7, 11) is 0. The highest BCUT2D eigenvalue weighted by molar-refractivity contribution is 6.49. The minimum absolute atomic E-state index is 0.473. The Morgan fingerprint density at radius 2 is 1.19 bits per heavy atom. The monoisotopic (exact) mass is 218 g/mol. The minimum atomic E-state index is -1.57. The molecule has 1 aromatic rings. The molecule has 0 aliphatic heterocycles. The van der Waals surface area contributed by atoms with Crippen LogP contribution in [0.3, 0.4) is 0 Å². The largest absolute Gasteiger partial charge is 0.286 e. The lowest BCUT2D eigenvalue weighted by atomic mass is 9.94. The zero-order chi connectivity index (χ0) is 12.0. The Balaban J connectivity index is 3.15. The average Bonchev–Trinajstić information content (AvgIpc) is 2.27. The highest BCUT2D eigenvalue weighted by Gasteiger charge is 2.28. The predicted molar refractivity (Wildman–Crippen MR) is 52.3 cm³/mol. The van der Waals surface area contributed by atoms with Crippen LogP contribution >= 0.6 is 0 Å². The van der Waals surface area contributed by atoms with Gasteiger partial charge in [0.05, 0.1) is 5.56 Å². The van der Waals surface area contributed by atoms with Gasteiger partial charge in [0.2, 0.25) is 22.4 Å². The van der Waals surface area contributed by atoms with Crippen LogP contribution in [0.2, 0.25) is 0 Å². The Morgan fingerprint density at radius 3 is 1.81 bits per heavy atom.